The average Bonchev–Trinajstić information content (AvgIpc) is 3.35. The molecule has 1 saturated carbocycles. The Morgan fingerprint density at radius 3 is 2.54 bits per heavy atom. The second kappa shape index (κ2) is 7.05. The first kappa shape index (κ1) is 18.3. The van der Waals surface area contributed by atoms with Gasteiger partial charge in [-0.2, -0.15) is 4.98 Å². The van der Waals surface area contributed by atoms with E-state index in [9.17, 15) is 0 Å². The van der Waals surface area contributed by atoms with Crippen LogP contribution in [0.4, 0.5) is 0 Å². The van der Waals surface area contributed by atoms with Crippen LogP contribution in [0.1, 0.15) is 37.2 Å². The summed E-state index contributed by atoms with van der Waals surface area (Å²) in [6.45, 7) is 1.91. The van der Waals surface area contributed by atoms with Crippen LogP contribution in [0.2, 0.25) is 0 Å². The zero-order chi connectivity index (χ0) is 17.4. The van der Waals surface area contributed by atoms with E-state index in [-0.39, 0.29) is 12.4 Å². The molecule has 1 aliphatic rings. The Kier molecular flexibility index (Phi) is 4.97. The molecule has 1 aromatic carbocycles. The van der Waals surface area contributed by atoms with Crippen molar-refractivity contribution in [3.8, 4) is 23.0 Å². The van der Waals surface area contributed by atoms with Crippen LogP contribution in [0.25, 0.3) is 17.3 Å². The number of ether oxygens (including phenoxy) is 1. The van der Waals surface area contributed by atoms with Crippen molar-refractivity contribution >= 4 is 12.4 Å². The lowest BCUT2D eigenvalue weighted by atomic mass is 9.99. The van der Waals surface area contributed by atoms with Gasteiger partial charge < -0.3 is 15.0 Å². The van der Waals surface area contributed by atoms with E-state index in [1.54, 1.807) is 11.8 Å². The fourth-order valence-electron chi connectivity index (χ4n) is 3.25. The van der Waals surface area contributed by atoms with E-state index in [2.05, 4.69) is 20.5 Å². The highest BCUT2D eigenvalue weighted by Crippen LogP contribution is 2.35. The second-order valence-electron chi connectivity index (χ2n) is 6.42. The summed E-state index contributed by atoms with van der Waals surface area (Å²) in [6.07, 6.45) is 3.94. The van der Waals surface area contributed by atoms with Crippen LogP contribution in [0.15, 0.2) is 28.8 Å². The van der Waals surface area contributed by atoms with Gasteiger partial charge >= 0.3 is 0 Å². The summed E-state index contributed by atoms with van der Waals surface area (Å²) in [5.74, 6) is 1.69. The highest BCUT2D eigenvalue weighted by molar-refractivity contribution is 5.85. The Balaban J connectivity index is 0.00000196. The molecule has 2 heterocycles. The van der Waals surface area contributed by atoms with Gasteiger partial charge in [0.15, 0.2) is 11.5 Å². The minimum absolute atomic E-state index is 0. The van der Waals surface area contributed by atoms with Gasteiger partial charge in [-0.25, -0.2) is 4.68 Å². The normalized spacial score (nSPS) is 15.7. The quantitative estimate of drug-likeness (QED) is 0.746. The largest absolute Gasteiger partial charge is 0.497 e. The summed E-state index contributed by atoms with van der Waals surface area (Å²) in [7, 11) is 1.63. The third-order valence-corrected chi connectivity index (χ3v) is 4.78. The number of hydrogen-bond acceptors (Lipinski definition) is 7. The van der Waals surface area contributed by atoms with Gasteiger partial charge in [0.05, 0.1) is 24.0 Å². The number of nitrogens with two attached hydrogens (primary N) is 1. The van der Waals surface area contributed by atoms with Crippen LogP contribution < -0.4 is 10.5 Å². The Morgan fingerprint density at radius 1 is 1.19 bits per heavy atom. The average molecular weight is 377 g/mol. The smallest absolute Gasteiger partial charge is 0.280 e. The number of aromatic nitrogens is 5. The van der Waals surface area contributed by atoms with Crippen LogP contribution in [0, 0.1) is 6.92 Å². The van der Waals surface area contributed by atoms with Crippen LogP contribution in [0.3, 0.4) is 0 Å². The molecule has 0 aliphatic heterocycles. The van der Waals surface area contributed by atoms with Gasteiger partial charge in [0.25, 0.3) is 5.89 Å². The van der Waals surface area contributed by atoms with E-state index < -0.39 is 5.54 Å². The molecular formula is C17H21ClN6O2. The zero-order valence-corrected chi connectivity index (χ0v) is 15.5. The second-order valence-corrected chi connectivity index (χ2v) is 6.42. The highest BCUT2D eigenvalue weighted by Gasteiger charge is 2.36. The third-order valence-electron chi connectivity index (χ3n) is 4.78. The number of rotatable bonds is 4. The summed E-state index contributed by atoms with van der Waals surface area (Å²) in [4.78, 5) is 4.49. The number of halogens is 1. The number of nitrogens with zero attached hydrogens (tertiary/aromatic N) is 5. The summed E-state index contributed by atoms with van der Waals surface area (Å²) in [5, 5.41) is 12.5. The molecule has 0 saturated heterocycles. The lowest BCUT2D eigenvalue weighted by molar-refractivity contribution is 0.372. The van der Waals surface area contributed by atoms with Crippen molar-refractivity contribution in [3.05, 3.63) is 35.8 Å². The highest BCUT2D eigenvalue weighted by atomic mass is 35.5. The number of hydrogen-bond donors (Lipinski definition) is 1. The summed E-state index contributed by atoms with van der Waals surface area (Å²) in [6, 6.07) is 7.58. The Hall–Kier alpha value is -2.45. The van der Waals surface area contributed by atoms with Gasteiger partial charge in [-0.1, -0.05) is 23.2 Å². The SMILES string of the molecule is COc1ccc(-n2nnc(-c3nc(C4(N)CCCC4)no3)c2C)cc1.Cl. The molecule has 4 rings (SSSR count). The van der Waals surface area contributed by atoms with Crippen molar-refractivity contribution in [1.29, 1.82) is 0 Å². The van der Waals surface area contributed by atoms with Gasteiger partial charge in [0.1, 0.15) is 5.75 Å². The molecule has 8 nitrogen and oxygen atoms in total. The molecule has 2 N–H and O–H groups in total. The van der Waals surface area contributed by atoms with Crippen molar-refractivity contribution in [2.24, 2.45) is 5.73 Å². The molecule has 0 bridgehead atoms. The van der Waals surface area contributed by atoms with E-state index in [4.69, 9.17) is 15.0 Å². The standard InChI is InChI=1S/C17H20N6O2.ClH/c1-11-14(15-19-16(21-25-15)17(18)9-3-4-10-17)20-22-23(11)12-5-7-13(24-2)8-6-12;/h5-8H,3-4,9-10,18H2,1-2H3;1H. The maximum atomic E-state index is 6.40. The molecule has 1 aliphatic carbocycles. The first-order valence-electron chi connectivity index (χ1n) is 8.31. The van der Waals surface area contributed by atoms with Gasteiger partial charge in [-0.05, 0) is 44.0 Å². The van der Waals surface area contributed by atoms with E-state index >= 15 is 0 Å². The Morgan fingerprint density at radius 2 is 1.88 bits per heavy atom. The Labute approximate surface area is 157 Å². The predicted molar refractivity (Wildman–Crippen MR) is 97.5 cm³/mol. The predicted octanol–water partition coefficient (Wildman–Crippen LogP) is 2.78. The van der Waals surface area contributed by atoms with Crippen LogP contribution in [0.5, 0.6) is 5.75 Å². The minimum Gasteiger partial charge on any atom is -0.497 e. The molecule has 1 fully saturated rings. The van der Waals surface area contributed by atoms with Crippen molar-refractivity contribution in [2.75, 3.05) is 7.11 Å². The molecule has 0 spiro atoms. The lowest BCUT2D eigenvalue weighted by Crippen LogP contribution is -2.34. The molecule has 0 radical (unpaired) electrons. The number of methoxy groups -OCH3 is 1. The van der Waals surface area contributed by atoms with Gasteiger partial charge in [-0.15, -0.1) is 17.5 Å². The van der Waals surface area contributed by atoms with Crippen molar-refractivity contribution in [2.45, 2.75) is 38.1 Å². The molecular weight excluding hydrogens is 356 g/mol. The summed E-state index contributed by atoms with van der Waals surface area (Å²) >= 11 is 0. The fourth-order valence-corrected chi connectivity index (χ4v) is 3.25. The van der Waals surface area contributed by atoms with E-state index in [0.717, 1.165) is 42.8 Å². The molecule has 3 aromatic rings. The van der Waals surface area contributed by atoms with E-state index in [0.29, 0.717) is 17.4 Å². The molecule has 0 unspecified atom stereocenters. The first-order chi connectivity index (χ1) is 12.1. The molecule has 0 amide bonds. The molecule has 2 aromatic heterocycles. The topological polar surface area (TPSA) is 105 Å². The fraction of sp³-hybridized carbons (Fsp3) is 0.412. The maximum absolute atomic E-state index is 6.40. The van der Waals surface area contributed by atoms with Crippen LogP contribution in [-0.4, -0.2) is 32.2 Å². The van der Waals surface area contributed by atoms with E-state index in [1.807, 2.05) is 31.2 Å². The third kappa shape index (κ3) is 3.06. The molecule has 138 valence electrons. The van der Waals surface area contributed by atoms with Gasteiger partial charge in [0, 0.05) is 0 Å². The number of benzene rings is 1. The minimum atomic E-state index is -0.484. The summed E-state index contributed by atoms with van der Waals surface area (Å²) < 4.78 is 12.3. The van der Waals surface area contributed by atoms with Crippen molar-refractivity contribution < 1.29 is 9.26 Å². The van der Waals surface area contributed by atoms with Gasteiger partial charge in [-0.3, -0.25) is 0 Å². The molecule has 0 atom stereocenters. The monoisotopic (exact) mass is 376 g/mol. The molecule has 9 heteroatoms. The van der Waals surface area contributed by atoms with Crippen molar-refractivity contribution in [3.63, 3.8) is 0 Å². The van der Waals surface area contributed by atoms with E-state index in [1.165, 1.54) is 0 Å². The summed E-state index contributed by atoms with van der Waals surface area (Å²) in [5.41, 5.74) is 8.17. The first-order valence-corrected chi connectivity index (χ1v) is 8.31. The molecule has 26 heavy (non-hydrogen) atoms. The zero-order valence-electron chi connectivity index (χ0n) is 14.7. The Bertz CT molecular complexity index is 883. The maximum Gasteiger partial charge on any atom is 0.280 e. The van der Waals surface area contributed by atoms with Crippen LogP contribution >= 0.6 is 12.4 Å². The van der Waals surface area contributed by atoms with Gasteiger partial charge in [0.2, 0.25) is 0 Å². The van der Waals surface area contributed by atoms with Crippen LogP contribution in [-0.2, 0) is 5.54 Å². The van der Waals surface area contributed by atoms with Crippen molar-refractivity contribution in [1.82, 2.24) is 25.1 Å². The lowest BCUT2D eigenvalue weighted by Gasteiger charge is -2.17.